The number of nitrogens with zero attached hydrogens (tertiary/aromatic N) is 2. The van der Waals surface area contributed by atoms with Crippen molar-refractivity contribution in [3.8, 4) is 0 Å². The third kappa shape index (κ3) is 5.88. The predicted octanol–water partition coefficient (Wildman–Crippen LogP) is 4.47. The van der Waals surface area contributed by atoms with E-state index in [1.165, 1.54) is 4.90 Å². The molecule has 1 amide bonds. The van der Waals surface area contributed by atoms with Crippen LogP contribution in [-0.4, -0.2) is 28.5 Å². The number of Topliss-reactive ketones (excluding diaryl/α,β-unsaturated/α-hetero) is 1. The summed E-state index contributed by atoms with van der Waals surface area (Å²) in [4.78, 5) is 40.1. The molecule has 1 atom stereocenters. The van der Waals surface area contributed by atoms with Gasteiger partial charge < -0.3 is 4.90 Å². The Hall–Kier alpha value is -3.26. The molecular weight excluding hydrogens is 476 g/mol. The standard InChI is InChI=1S/C26H26ClF2N3O3/c1-31(21-8-6-18(27)7-9-21)26(35)17(10-16-11-19(28)14-20(29)12-16)13-22(33)15-32-24-5-3-2-4-23(24)25(34)30-32/h6-9,11-12,14,17H,2-5,10,13,15H2,1H3,(H,30,34). The van der Waals surface area contributed by atoms with E-state index < -0.39 is 17.6 Å². The molecule has 0 radical (unpaired) electrons. The van der Waals surface area contributed by atoms with Gasteiger partial charge in [-0.1, -0.05) is 11.6 Å². The van der Waals surface area contributed by atoms with E-state index in [1.54, 1.807) is 36.0 Å². The van der Waals surface area contributed by atoms with E-state index in [0.717, 1.165) is 42.3 Å². The van der Waals surface area contributed by atoms with E-state index in [1.807, 2.05) is 0 Å². The SMILES string of the molecule is CN(C(=O)C(CC(=O)Cn1[nH]c(=O)c2c1CCCC2)Cc1cc(F)cc(F)c1)c1ccc(Cl)cc1. The molecule has 0 aliphatic heterocycles. The molecule has 1 aliphatic rings. The number of H-pyrrole nitrogens is 1. The summed E-state index contributed by atoms with van der Waals surface area (Å²) in [5.41, 5.74) is 2.23. The van der Waals surface area contributed by atoms with Crippen LogP contribution in [0.5, 0.6) is 0 Å². The fraction of sp³-hybridized carbons (Fsp3) is 0.346. The molecule has 0 bridgehead atoms. The smallest absolute Gasteiger partial charge is 0.267 e. The molecule has 0 fully saturated rings. The van der Waals surface area contributed by atoms with E-state index in [-0.39, 0.29) is 42.2 Å². The second-order valence-corrected chi connectivity index (χ2v) is 9.39. The maximum absolute atomic E-state index is 13.8. The summed E-state index contributed by atoms with van der Waals surface area (Å²) in [5, 5.41) is 3.25. The van der Waals surface area contributed by atoms with Crippen molar-refractivity contribution in [1.82, 2.24) is 9.78 Å². The summed E-state index contributed by atoms with van der Waals surface area (Å²) >= 11 is 5.95. The summed E-state index contributed by atoms with van der Waals surface area (Å²) in [5.74, 6) is -2.99. The molecule has 6 nitrogen and oxygen atoms in total. The Morgan fingerprint density at radius 3 is 2.43 bits per heavy atom. The quantitative estimate of drug-likeness (QED) is 0.495. The molecule has 0 spiro atoms. The van der Waals surface area contributed by atoms with Crippen molar-refractivity contribution in [2.45, 2.75) is 45.1 Å². The molecule has 1 N–H and O–H groups in total. The summed E-state index contributed by atoms with van der Waals surface area (Å²) in [7, 11) is 1.58. The zero-order valence-corrected chi connectivity index (χ0v) is 20.1. The highest BCUT2D eigenvalue weighted by atomic mass is 35.5. The molecule has 1 aromatic heterocycles. The van der Waals surface area contributed by atoms with E-state index in [4.69, 9.17) is 11.6 Å². The number of carbonyl (C=O) groups is 2. The van der Waals surface area contributed by atoms with E-state index in [0.29, 0.717) is 23.6 Å². The Balaban J connectivity index is 1.57. The normalized spacial score (nSPS) is 13.8. The van der Waals surface area contributed by atoms with Crippen LogP contribution in [-0.2, 0) is 35.4 Å². The third-order valence-corrected chi connectivity index (χ3v) is 6.63. The highest BCUT2D eigenvalue weighted by molar-refractivity contribution is 6.30. The molecule has 0 saturated carbocycles. The number of anilines is 1. The van der Waals surface area contributed by atoms with E-state index in [2.05, 4.69) is 5.10 Å². The fourth-order valence-electron chi connectivity index (χ4n) is 4.67. The first-order valence-electron chi connectivity index (χ1n) is 11.5. The van der Waals surface area contributed by atoms with Crippen molar-refractivity contribution in [3.63, 3.8) is 0 Å². The van der Waals surface area contributed by atoms with Gasteiger partial charge in [-0.3, -0.25) is 24.2 Å². The number of halogens is 3. The molecule has 4 rings (SSSR count). The van der Waals surface area contributed by atoms with Crippen LogP contribution in [0.4, 0.5) is 14.5 Å². The lowest BCUT2D eigenvalue weighted by Gasteiger charge is -2.24. The highest BCUT2D eigenvalue weighted by Crippen LogP contribution is 2.24. The van der Waals surface area contributed by atoms with Crippen LogP contribution in [0.3, 0.4) is 0 Å². The molecule has 2 aromatic carbocycles. The lowest BCUT2D eigenvalue weighted by molar-refractivity contribution is -0.127. The number of nitrogens with one attached hydrogen (secondary N) is 1. The van der Waals surface area contributed by atoms with Crippen LogP contribution in [0, 0.1) is 17.6 Å². The minimum absolute atomic E-state index is 0.0164. The summed E-state index contributed by atoms with van der Waals surface area (Å²) in [6.45, 7) is -0.0729. The van der Waals surface area contributed by atoms with Crippen molar-refractivity contribution in [2.24, 2.45) is 5.92 Å². The minimum atomic E-state index is -0.859. The van der Waals surface area contributed by atoms with Gasteiger partial charge in [0.15, 0.2) is 5.78 Å². The number of fused-ring (bicyclic) bond motifs is 1. The molecule has 3 aromatic rings. The monoisotopic (exact) mass is 501 g/mol. The van der Waals surface area contributed by atoms with Gasteiger partial charge in [-0.2, -0.15) is 0 Å². The zero-order valence-electron chi connectivity index (χ0n) is 19.3. The van der Waals surface area contributed by atoms with Crippen molar-refractivity contribution in [2.75, 3.05) is 11.9 Å². The topological polar surface area (TPSA) is 75.2 Å². The van der Waals surface area contributed by atoms with Gasteiger partial charge >= 0.3 is 0 Å². The molecule has 184 valence electrons. The number of benzene rings is 2. The molecule has 1 heterocycles. The van der Waals surface area contributed by atoms with Gasteiger partial charge in [-0.25, -0.2) is 8.78 Å². The summed E-state index contributed by atoms with van der Waals surface area (Å²) in [6, 6.07) is 9.74. The average molecular weight is 502 g/mol. The lowest BCUT2D eigenvalue weighted by atomic mass is 9.92. The second kappa shape index (κ2) is 10.6. The molecular formula is C26H26ClF2N3O3. The van der Waals surface area contributed by atoms with Crippen LogP contribution >= 0.6 is 11.6 Å². The first-order chi connectivity index (χ1) is 16.7. The maximum Gasteiger partial charge on any atom is 0.267 e. The Labute approximate surface area is 206 Å². The molecule has 35 heavy (non-hydrogen) atoms. The Bertz CT molecular complexity index is 1280. The molecule has 1 unspecified atom stereocenters. The first kappa shape index (κ1) is 24.9. The van der Waals surface area contributed by atoms with Crippen molar-refractivity contribution < 1.29 is 18.4 Å². The number of carbonyl (C=O) groups excluding carboxylic acids is 2. The van der Waals surface area contributed by atoms with Gasteiger partial charge in [0.1, 0.15) is 11.6 Å². The van der Waals surface area contributed by atoms with Gasteiger partial charge in [-0.05, 0) is 74.1 Å². The van der Waals surface area contributed by atoms with Crippen molar-refractivity contribution in [1.29, 1.82) is 0 Å². The number of aromatic nitrogens is 2. The number of rotatable bonds is 8. The molecule has 9 heteroatoms. The van der Waals surface area contributed by atoms with Crippen LogP contribution in [0.1, 0.15) is 36.1 Å². The summed E-state index contributed by atoms with van der Waals surface area (Å²) < 4.78 is 29.2. The number of amides is 1. The van der Waals surface area contributed by atoms with Crippen molar-refractivity contribution >= 4 is 29.0 Å². The minimum Gasteiger partial charge on any atom is -0.315 e. The summed E-state index contributed by atoms with van der Waals surface area (Å²) in [6.07, 6.45) is 3.11. The van der Waals surface area contributed by atoms with Crippen LogP contribution in [0.15, 0.2) is 47.3 Å². The highest BCUT2D eigenvalue weighted by Gasteiger charge is 2.28. The number of hydrogen-bond acceptors (Lipinski definition) is 3. The van der Waals surface area contributed by atoms with E-state index in [9.17, 15) is 23.2 Å². The average Bonchev–Trinajstić information content (AvgIpc) is 3.12. The first-order valence-corrected chi connectivity index (χ1v) is 11.9. The van der Waals surface area contributed by atoms with Crippen LogP contribution in [0.2, 0.25) is 5.02 Å². The van der Waals surface area contributed by atoms with Crippen LogP contribution in [0.25, 0.3) is 0 Å². The lowest BCUT2D eigenvalue weighted by Crippen LogP contribution is -2.36. The second-order valence-electron chi connectivity index (χ2n) is 8.95. The van der Waals surface area contributed by atoms with Gasteiger partial charge in [-0.15, -0.1) is 0 Å². The zero-order chi connectivity index (χ0) is 25.1. The van der Waals surface area contributed by atoms with Crippen molar-refractivity contribution in [3.05, 3.63) is 86.3 Å². The van der Waals surface area contributed by atoms with Gasteiger partial charge in [0, 0.05) is 47.4 Å². The largest absolute Gasteiger partial charge is 0.315 e. The predicted molar refractivity (Wildman–Crippen MR) is 130 cm³/mol. The van der Waals surface area contributed by atoms with Gasteiger partial charge in [0.2, 0.25) is 5.91 Å². The van der Waals surface area contributed by atoms with Gasteiger partial charge in [0.25, 0.3) is 5.56 Å². The Morgan fingerprint density at radius 2 is 1.74 bits per heavy atom. The molecule has 0 saturated heterocycles. The van der Waals surface area contributed by atoms with E-state index >= 15 is 0 Å². The Morgan fingerprint density at radius 1 is 1.09 bits per heavy atom. The number of ketones is 1. The molecule has 1 aliphatic carbocycles. The number of hydrogen-bond donors (Lipinski definition) is 1. The fourth-order valence-corrected chi connectivity index (χ4v) is 4.79. The van der Waals surface area contributed by atoms with Crippen LogP contribution < -0.4 is 10.5 Å². The van der Waals surface area contributed by atoms with Gasteiger partial charge in [0.05, 0.1) is 6.54 Å². The number of aromatic amines is 1. The third-order valence-electron chi connectivity index (χ3n) is 6.38. The maximum atomic E-state index is 13.8. The Kier molecular flexibility index (Phi) is 7.50.